The van der Waals surface area contributed by atoms with E-state index >= 15 is 0 Å². The SMILES string of the molecule is CC(=O)c1cc(C(C)C)[c-]cc1O.CCc1ccc(CN2CCN(C(=O)CCC=O)CC2)cc1CC.CNc1cccc(Sc2ncc(N3CCC(C)(N)CC3)nc2N)c1Cl.[U]. The van der Waals surface area contributed by atoms with Crippen LogP contribution < -0.4 is 21.7 Å². The summed E-state index contributed by atoms with van der Waals surface area (Å²) in [5.74, 6) is 1.53. The van der Waals surface area contributed by atoms with Gasteiger partial charge in [-0.1, -0.05) is 80.9 Å². The number of aromatic nitrogens is 2. The molecule has 0 unspecified atom stereocenters. The third-order valence-corrected chi connectivity index (χ3v) is 12.6. The summed E-state index contributed by atoms with van der Waals surface area (Å²) in [5.41, 5.74) is 18.7. The molecule has 1 aromatic heterocycles. The Kier molecular flexibility index (Phi) is 21.8. The minimum absolute atomic E-state index is 0. The predicted octanol–water partition coefficient (Wildman–Crippen LogP) is 8.18. The van der Waals surface area contributed by atoms with Crippen LogP contribution in [-0.4, -0.2) is 94.7 Å². The fourth-order valence-electron chi connectivity index (χ4n) is 7.07. The summed E-state index contributed by atoms with van der Waals surface area (Å²) in [6.45, 7) is 18.0. The van der Waals surface area contributed by atoms with E-state index in [0.717, 1.165) is 99.7 Å². The molecule has 2 aliphatic rings. The van der Waals surface area contributed by atoms with Crippen LogP contribution in [0.2, 0.25) is 5.02 Å². The zero-order chi connectivity index (χ0) is 44.7. The minimum atomic E-state index is -0.117. The van der Waals surface area contributed by atoms with E-state index in [-0.39, 0.29) is 54.1 Å². The number of hydrogen-bond acceptors (Lipinski definition) is 12. The van der Waals surface area contributed by atoms with E-state index in [0.29, 0.717) is 40.2 Å². The summed E-state index contributed by atoms with van der Waals surface area (Å²) in [7, 11) is 1.84. The van der Waals surface area contributed by atoms with Crippen LogP contribution in [0.3, 0.4) is 0 Å². The van der Waals surface area contributed by atoms with Gasteiger partial charge in [0, 0.05) is 113 Å². The molecule has 0 bridgehead atoms. The Hall–Kier alpha value is -3.64. The van der Waals surface area contributed by atoms with Crippen LogP contribution in [0.1, 0.15) is 106 Å². The van der Waals surface area contributed by atoms with Crippen molar-refractivity contribution in [3.8, 4) is 5.75 Å². The average Bonchev–Trinajstić information content (AvgIpc) is 3.24. The van der Waals surface area contributed by atoms with Gasteiger partial charge in [0.05, 0.1) is 16.9 Å². The van der Waals surface area contributed by atoms with Gasteiger partial charge in [0.2, 0.25) is 5.91 Å². The van der Waals surface area contributed by atoms with E-state index in [4.69, 9.17) is 23.1 Å². The van der Waals surface area contributed by atoms with Crippen molar-refractivity contribution in [1.29, 1.82) is 0 Å². The van der Waals surface area contributed by atoms with E-state index in [2.05, 4.69) is 70.1 Å². The van der Waals surface area contributed by atoms with Gasteiger partial charge in [-0.25, -0.2) is 9.97 Å². The Morgan fingerprint density at radius 1 is 1.05 bits per heavy atom. The first-order valence-corrected chi connectivity index (χ1v) is 22.4. The van der Waals surface area contributed by atoms with Crippen LogP contribution in [0.5, 0.6) is 5.75 Å². The van der Waals surface area contributed by atoms with Gasteiger partial charge in [-0.15, -0.1) is 6.07 Å². The van der Waals surface area contributed by atoms with E-state index < -0.39 is 0 Å². The number of amides is 1. The van der Waals surface area contributed by atoms with E-state index in [9.17, 15) is 19.5 Å². The van der Waals surface area contributed by atoms with Gasteiger partial charge in [0.15, 0.2) is 5.82 Å². The van der Waals surface area contributed by atoms with E-state index in [1.807, 2.05) is 44.0 Å². The molecular weight excluding hydrogens is 1050 g/mol. The molecule has 3 aromatic carbocycles. The number of Topliss-reactive ketones (excluding diaryl/α,β-unsaturated/α-hetero) is 1. The predicted molar refractivity (Wildman–Crippen MR) is 249 cm³/mol. The van der Waals surface area contributed by atoms with Gasteiger partial charge < -0.3 is 36.5 Å². The maximum atomic E-state index is 11.9. The number of rotatable bonds is 13. The van der Waals surface area contributed by atoms with Crippen molar-refractivity contribution in [2.75, 3.05) is 62.3 Å². The molecule has 0 aliphatic carbocycles. The van der Waals surface area contributed by atoms with Crippen molar-refractivity contribution in [2.45, 2.75) is 108 Å². The number of carbonyl (C=O) groups is 3. The molecule has 0 spiro atoms. The molecule has 12 nitrogen and oxygen atoms in total. The smallest absolute Gasteiger partial charge is 0.223 e. The van der Waals surface area contributed by atoms with Crippen LogP contribution in [0.25, 0.3) is 0 Å². The number of nitrogens with two attached hydrogens (primary N) is 2. The number of nitrogens with zero attached hydrogens (tertiary/aromatic N) is 5. The number of aldehydes is 1. The summed E-state index contributed by atoms with van der Waals surface area (Å²) in [6, 6.07) is 18.7. The summed E-state index contributed by atoms with van der Waals surface area (Å²) in [4.78, 5) is 49.8. The largest absolute Gasteiger partial charge is 0.565 e. The Morgan fingerprint density at radius 3 is 2.31 bits per heavy atom. The first kappa shape index (κ1) is 52.7. The molecule has 0 atom stereocenters. The number of carbonyl (C=O) groups excluding carboxylic acids is 3. The number of phenols is 1. The molecule has 2 saturated heterocycles. The average molecular weight is 1110 g/mol. The number of ketones is 1. The van der Waals surface area contributed by atoms with Crippen molar-refractivity contribution in [3.05, 3.63) is 93.6 Å². The second-order valence-electron chi connectivity index (χ2n) is 16.1. The topological polar surface area (TPSA) is 171 Å². The van der Waals surface area contributed by atoms with Gasteiger partial charge in [-0.05, 0) is 74.3 Å². The van der Waals surface area contributed by atoms with Crippen LogP contribution in [0.4, 0.5) is 17.3 Å². The number of aryl methyl sites for hydroxylation is 2. The molecule has 334 valence electrons. The fourth-order valence-corrected chi connectivity index (χ4v) is 8.22. The minimum Gasteiger partial charge on any atom is -0.565 e. The number of phenolic OH excluding ortho intramolecular Hbond substituents is 1. The Bertz CT molecular complexity index is 2090. The monoisotopic (exact) mass is 1110 g/mol. The number of benzene rings is 3. The molecule has 0 radical (unpaired) electrons. The molecule has 1 amide bonds. The maximum absolute atomic E-state index is 11.9. The van der Waals surface area contributed by atoms with Gasteiger partial charge >= 0.3 is 0 Å². The van der Waals surface area contributed by atoms with Crippen molar-refractivity contribution in [2.24, 2.45) is 5.73 Å². The van der Waals surface area contributed by atoms with Gasteiger partial charge in [0.25, 0.3) is 0 Å². The van der Waals surface area contributed by atoms with Crippen molar-refractivity contribution >= 4 is 58.7 Å². The number of aromatic hydroxyl groups is 1. The Balaban J connectivity index is 0.000000258. The maximum Gasteiger partial charge on any atom is 0.223 e. The Labute approximate surface area is 401 Å². The van der Waals surface area contributed by atoms with Crippen molar-refractivity contribution in [3.63, 3.8) is 0 Å². The zero-order valence-corrected chi connectivity index (χ0v) is 43.1. The molecule has 62 heavy (non-hydrogen) atoms. The number of nitrogen functional groups attached to an aromatic ring is 1. The molecule has 15 heteroatoms. The number of anilines is 3. The first-order chi connectivity index (χ1) is 29.1. The van der Waals surface area contributed by atoms with Crippen LogP contribution in [0.15, 0.2) is 64.6 Å². The van der Waals surface area contributed by atoms with Crippen LogP contribution in [0, 0.1) is 37.2 Å². The Morgan fingerprint density at radius 2 is 1.73 bits per heavy atom. The second-order valence-corrected chi connectivity index (χ2v) is 17.5. The van der Waals surface area contributed by atoms with Crippen molar-refractivity contribution < 1.29 is 50.6 Å². The molecule has 6 N–H and O–H groups in total. The number of piperidine rings is 1. The number of hydrogen-bond donors (Lipinski definition) is 4. The molecular formula is C47H64ClN8O4SU-. The molecule has 2 fully saturated rings. The third-order valence-electron chi connectivity index (χ3n) is 11.0. The summed E-state index contributed by atoms with van der Waals surface area (Å²) in [6.07, 6.45) is 7.30. The van der Waals surface area contributed by atoms with Gasteiger partial charge in [0.1, 0.15) is 22.9 Å². The van der Waals surface area contributed by atoms with Gasteiger partial charge in [-0.2, -0.15) is 17.7 Å². The standard InChI is InChI=1S/C19H28N2O2.C17H23ClN6S.C11H13O2.U/c1-3-17-8-7-16(14-18(17)4-2)15-20-9-11-21(12-10-20)19(23)6-5-13-22;1-17(20)6-8-24(9-7-17)13-10-22-16(15(19)23-13)25-12-5-3-4-11(21-2)14(12)18;1-7(2)9-4-5-11(13)10(6-9)8(3)12;/h7-8,13-14H,3-6,9-12,15H2,1-2H3;3-5,10,21H,6-9,20H2,1-2H3,(H2,19,23);5-7,13H,1-3H3;/q;;-1;. The quantitative estimate of drug-likeness (QED) is 0.0576. The van der Waals surface area contributed by atoms with Crippen molar-refractivity contribution in [1.82, 2.24) is 19.8 Å². The van der Waals surface area contributed by atoms with Gasteiger partial charge in [-0.3, -0.25) is 14.5 Å². The number of nitrogens with one attached hydrogen (secondary N) is 1. The molecule has 3 heterocycles. The molecule has 4 aromatic rings. The van der Waals surface area contributed by atoms with E-state index in [1.54, 1.807) is 12.3 Å². The number of piperazine rings is 1. The van der Waals surface area contributed by atoms with Crippen LogP contribution >= 0.6 is 23.4 Å². The second kappa shape index (κ2) is 25.6. The number of halogens is 1. The first-order valence-electron chi connectivity index (χ1n) is 21.2. The molecule has 0 saturated carbocycles. The summed E-state index contributed by atoms with van der Waals surface area (Å²) in [5, 5.41) is 13.7. The summed E-state index contributed by atoms with van der Waals surface area (Å²) < 4.78 is 0. The third kappa shape index (κ3) is 15.6. The summed E-state index contributed by atoms with van der Waals surface area (Å²) >= 11 is 7.81. The molecule has 2 aliphatic heterocycles. The van der Waals surface area contributed by atoms with Crippen LogP contribution in [-0.2, 0) is 29.0 Å². The van der Waals surface area contributed by atoms with E-state index in [1.165, 1.54) is 41.4 Å². The fraction of sp³-hybridized carbons (Fsp3) is 0.468. The normalized spacial score (nSPS) is 14.7. The zero-order valence-electron chi connectivity index (χ0n) is 37.4. The molecule has 6 rings (SSSR count).